The summed E-state index contributed by atoms with van der Waals surface area (Å²) in [5.74, 6) is 0.153. The smallest absolute Gasteiger partial charge is 0.335 e. The lowest BCUT2D eigenvalue weighted by Crippen LogP contribution is -2.25. The third kappa shape index (κ3) is 3.78. The van der Waals surface area contributed by atoms with E-state index in [1.54, 1.807) is 0 Å². The third-order valence-corrected chi connectivity index (χ3v) is 3.56. The predicted octanol–water partition coefficient (Wildman–Crippen LogP) is 1.88. The van der Waals surface area contributed by atoms with E-state index in [2.05, 4.69) is 4.90 Å². The molecule has 0 spiro atoms. The van der Waals surface area contributed by atoms with Crippen molar-refractivity contribution >= 4 is 5.97 Å². The maximum Gasteiger partial charge on any atom is 0.335 e. The monoisotopic (exact) mass is 295 g/mol. The fourth-order valence-electron chi connectivity index (χ4n) is 2.43. The highest BCUT2D eigenvalue weighted by molar-refractivity contribution is 5.89. The molecule has 116 valence electrons. The van der Waals surface area contributed by atoms with Gasteiger partial charge in [0.1, 0.15) is 6.61 Å². The highest BCUT2D eigenvalue weighted by Gasteiger charge is 2.18. The maximum absolute atomic E-state index is 11.1. The molecular weight excluding hydrogens is 274 g/mol. The second-order valence-electron chi connectivity index (χ2n) is 4.91. The molecule has 1 aliphatic heterocycles. The average Bonchev–Trinajstić information content (AvgIpc) is 3.00. The molecule has 0 bridgehead atoms. The molecule has 1 fully saturated rings. The van der Waals surface area contributed by atoms with E-state index in [1.165, 1.54) is 39.2 Å². The minimum Gasteiger partial charge on any atom is -0.493 e. The van der Waals surface area contributed by atoms with Crippen molar-refractivity contribution in [2.45, 2.75) is 12.8 Å². The molecule has 0 saturated carbocycles. The zero-order valence-electron chi connectivity index (χ0n) is 12.4. The van der Waals surface area contributed by atoms with Crippen molar-refractivity contribution in [3.05, 3.63) is 17.7 Å². The van der Waals surface area contributed by atoms with Gasteiger partial charge in [-0.05, 0) is 38.1 Å². The summed E-state index contributed by atoms with van der Waals surface area (Å²) in [6.45, 7) is 3.57. The Labute approximate surface area is 124 Å². The van der Waals surface area contributed by atoms with Crippen LogP contribution in [0.5, 0.6) is 17.2 Å². The molecule has 0 amide bonds. The highest BCUT2D eigenvalue weighted by Crippen LogP contribution is 2.38. The fourth-order valence-corrected chi connectivity index (χ4v) is 2.43. The lowest BCUT2D eigenvalue weighted by molar-refractivity contribution is 0.0696. The van der Waals surface area contributed by atoms with Crippen LogP contribution in [-0.4, -0.2) is 56.4 Å². The molecule has 0 unspecified atom stereocenters. The van der Waals surface area contributed by atoms with E-state index in [1.807, 2.05) is 0 Å². The minimum absolute atomic E-state index is 0.107. The van der Waals surface area contributed by atoms with Crippen molar-refractivity contribution in [1.82, 2.24) is 4.90 Å². The number of hydrogen-bond acceptors (Lipinski definition) is 5. The minimum atomic E-state index is -1.03. The van der Waals surface area contributed by atoms with Gasteiger partial charge in [0.05, 0.1) is 19.8 Å². The van der Waals surface area contributed by atoms with E-state index >= 15 is 0 Å². The Morgan fingerprint density at radius 2 is 1.76 bits per heavy atom. The van der Waals surface area contributed by atoms with Gasteiger partial charge in [-0.2, -0.15) is 0 Å². The van der Waals surface area contributed by atoms with Crippen molar-refractivity contribution < 1.29 is 24.1 Å². The van der Waals surface area contributed by atoms with E-state index < -0.39 is 5.97 Å². The van der Waals surface area contributed by atoms with Gasteiger partial charge in [-0.1, -0.05) is 0 Å². The van der Waals surface area contributed by atoms with Crippen molar-refractivity contribution in [2.24, 2.45) is 0 Å². The summed E-state index contributed by atoms with van der Waals surface area (Å²) < 4.78 is 16.2. The predicted molar refractivity (Wildman–Crippen MR) is 77.7 cm³/mol. The Bertz CT molecular complexity index is 472. The van der Waals surface area contributed by atoms with Gasteiger partial charge in [0.15, 0.2) is 11.5 Å². The molecule has 2 rings (SSSR count). The van der Waals surface area contributed by atoms with E-state index in [0.29, 0.717) is 23.9 Å². The number of aromatic carboxylic acids is 1. The van der Waals surface area contributed by atoms with Crippen LogP contribution in [-0.2, 0) is 0 Å². The maximum atomic E-state index is 11.1. The first-order valence-electron chi connectivity index (χ1n) is 7.00. The number of carboxylic acid groups (broad SMARTS) is 1. The number of ether oxygens (including phenoxy) is 3. The van der Waals surface area contributed by atoms with Gasteiger partial charge in [-0.15, -0.1) is 0 Å². The molecule has 0 aliphatic carbocycles. The van der Waals surface area contributed by atoms with Gasteiger partial charge < -0.3 is 19.3 Å². The van der Waals surface area contributed by atoms with E-state index in [0.717, 1.165) is 19.6 Å². The number of rotatable bonds is 7. The van der Waals surface area contributed by atoms with Crippen molar-refractivity contribution in [2.75, 3.05) is 40.5 Å². The van der Waals surface area contributed by atoms with Crippen LogP contribution >= 0.6 is 0 Å². The second-order valence-corrected chi connectivity index (χ2v) is 4.91. The quantitative estimate of drug-likeness (QED) is 0.828. The summed E-state index contributed by atoms with van der Waals surface area (Å²) in [5.41, 5.74) is 0.107. The SMILES string of the molecule is COc1cc(C(=O)O)cc(OC)c1OCCN1CCCC1. The standard InChI is InChI=1S/C15H21NO5/c1-19-12-9-11(15(17)18)10-13(20-2)14(12)21-8-7-16-5-3-4-6-16/h9-10H,3-8H2,1-2H3,(H,17,18). The van der Waals surface area contributed by atoms with Crippen LogP contribution < -0.4 is 14.2 Å². The molecule has 0 atom stereocenters. The number of nitrogens with zero attached hydrogens (tertiary/aromatic N) is 1. The lowest BCUT2D eigenvalue weighted by atomic mass is 10.2. The molecule has 0 aromatic heterocycles. The van der Waals surface area contributed by atoms with Crippen molar-refractivity contribution in [3.8, 4) is 17.2 Å². The molecule has 6 nitrogen and oxygen atoms in total. The fraction of sp³-hybridized carbons (Fsp3) is 0.533. The molecule has 1 aliphatic rings. The largest absolute Gasteiger partial charge is 0.493 e. The first kappa shape index (κ1) is 15.4. The normalized spacial score (nSPS) is 15.0. The molecule has 1 aromatic carbocycles. The van der Waals surface area contributed by atoms with E-state index in [-0.39, 0.29) is 5.56 Å². The average molecular weight is 295 g/mol. The summed E-state index contributed by atoms with van der Waals surface area (Å²) in [6.07, 6.45) is 2.47. The number of methoxy groups -OCH3 is 2. The van der Waals surface area contributed by atoms with Crippen LogP contribution in [0, 0.1) is 0 Å². The number of carbonyl (C=O) groups is 1. The lowest BCUT2D eigenvalue weighted by Gasteiger charge is -2.18. The Hall–Kier alpha value is -1.95. The van der Waals surface area contributed by atoms with Crippen LogP contribution in [0.15, 0.2) is 12.1 Å². The topological polar surface area (TPSA) is 68.2 Å². The Morgan fingerprint density at radius 1 is 1.19 bits per heavy atom. The summed E-state index contributed by atoms with van der Waals surface area (Å²) in [4.78, 5) is 13.4. The zero-order chi connectivity index (χ0) is 15.2. The van der Waals surface area contributed by atoms with Crippen LogP contribution in [0.25, 0.3) is 0 Å². The van der Waals surface area contributed by atoms with Crippen LogP contribution in [0.1, 0.15) is 23.2 Å². The van der Waals surface area contributed by atoms with Gasteiger partial charge >= 0.3 is 5.97 Å². The highest BCUT2D eigenvalue weighted by atomic mass is 16.5. The van der Waals surface area contributed by atoms with Gasteiger partial charge in [0.2, 0.25) is 5.75 Å². The number of carboxylic acids is 1. The Kier molecular flexibility index (Phi) is 5.27. The molecule has 1 saturated heterocycles. The summed E-state index contributed by atoms with van der Waals surface area (Å²) in [6, 6.07) is 2.88. The molecule has 1 heterocycles. The first-order valence-corrected chi connectivity index (χ1v) is 7.00. The number of benzene rings is 1. The molecule has 6 heteroatoms. The number of likely N-dealkylation sites (tertiary alicyclic amines) is 1. The molecule has 1 aromatic rings. The summed E-state index contributed by atoms with van der Waals surface area (Å²) in [7, 11) is 2.96. The molecular formula is C15H21NO5. The van der Waals surface area contributed by atoms with Gasteiger partial charge in [-0.3, -0.25) is 4.90 Å². The van der Waals surface area contributed by atoms with Gasteiger partial charge in [-0.25, -0.2) is 4.79 Å². The summed E-state index contributed by atoms with van der Waals surface area (Å²) >= 11 is 0. The van der Waals surface area contributed by atoms with Crippen molar-refractivity contribution in [1.29, 1.82) is 0 Å². The van der Waals surface area contributed by atoms with Crippen LogP contribution in [0.3, 0.4) is 0 Å². The second kappa shape index (κ2) is 7.17. The third-order valence-electron chi connectivity index (χ3n) is 3.56. The van der Waals surface area contributed by atoms with Crippen LogP contribution in [0.2, 0.25) is 0 Å². The van der Waals surface area contributed by atoms with E-state index in [9.17, 15) is 4.79 Å². The Morgan fingerprint density at radius 3 is 2.24 bits per heavy atom. The number of hydrogen-bond donors (Lipinski definition) is 1. The van der Waals surface area contributed by atoms with E-state index in [4.69, 9.17) is 19.3 Å². The first-order chi connectivity index (χ1) is 10.2. The van der Waals surface area contributed by atoms with Gasteiger partial charge in [0.25, 0.3) is 0 Å². The Balaban J connectivity index is 2.10. The van der Waals surface area contributed by atoms with Crippen LogP contribution in [0.4, 0.5) is 0 Å². The molecule has 1 N–H and O–H groups in total. The zero-order valence-corrected chi connectivity index (χ0v) is 12.4. The summed E-state index contributed by atoms with van der Waals surface area (Å²) in [5, 5.41) is 9.08. The molecule has 21 heavy (non-hydrogen) atoms. The molecule has 0 radical (unpaired) electrons. The van der Waals surface area contributed by atoms with Crippen molar-refractivity contribution in [3.63, 3.8) is 0 Å². The van der Waals surface area contributed by atoms with Gasteiger partial charge in [0, 0.05) is 6.54 Å².